The minimum absolute atomic E-state index is 0.303. The molecule has 0 heterocycles. The summed E-state index contributed by atoms with van der Waals surface area (Å²) in [7, 11) is 1.58. The molecule has 0 amide bonds. The highest BCUT2D eigenvalue weighted by molar-refractivity contribution is 9.10. The first-order chi connectivity index (χ1) is 6.69. The third-order valence-electron chi connectivity index (χ3n) is 2.02. The van der Waals surface area contributed by atoms with Gasteiger partial charge in [0.15, 0.2) is 0 Å². The molecule has 1 aromatic rings. The van der Waals surface area contributed by atoms with E-state index in [-0.39, 0.29) is 6.04 Å². The van der Waals surface area contributed by atoms with E-state index in [2.05, 4.69) is 15.9 Å². The van der Waals surface area contributed by atoms with Crippen molar-refractivity contribution in [1.29, 1.82) is 0 Å². The summed E-state index contributed by atoms with van der Waals surface area (Å²) in [5.74, 6) is 0.695. The lowest BCUT2D eigenvalue weighted by atomic mass is 10.0. The SMILES string of the molecule is COc1cc(Br)ccc1[C@@H](N)CCF. The molecule has 0 saturated heterocycles. The Morgan fingerprint density at radius 2 is 2.29 bits per heavy atom. The van der Waals surface area contributed by atoms with Crippen LogP contribution < -0.4 is 10.5 Å². The Kier molecular flexibility index (Phi) is 4.35. The lowest BCUT2D eigenvalue weighted by Gasteiger charge is -2.14. The molecular weight excluding hydrogens is 249 g/mol. The van der Waals surface area contributed by atoms with Crippen LogP contribution in [0.25, 0.3) is 0 Å². The Hall–Kier alpha value is -0.610. The molecule has 0 aliphatic carbocycles. The van der Waals surface area contributed by atoms with Gasteiger partial charge in [-0.05, 0) is 18.6 Å². The van der Waals surface area contributed by atoms with Crippen LogP contribution in [0.15, 0.2) is 22.7 Å². The maximum atomic E-state index is 12.1. The van der Waals surface area contributed by atoms with Crippen molar-refractivity contribution >= 4 is 15.9 Å². The number of methoxy groups -OCH3 is 1. The second kappa shape index (κ2) is 5.32. The van der Waals surface area contributed by atoms with E-state index in [1.54, 1.807) is 7.11 Å². The fourth-order valence-corrected chi connectivity index (χ4v) is 1.60. The van der Waals surface area contributed by atoms with Gasteiger partial charge in [-0.1, -0.05) is 22.0 Å². The van der Waals surface area contributed by atoms with Crippen LogP contribution in [-0.4, -0.2) is 13.8 Å². The van der Waals surface area contributed by atoms with Crippen LogP contribution in [-0.2, 0) is 0 Å². The Morgan fingerprint density at radius 3 is 2.86 bits per heavy atom. The summed E-state index contributed by atoms with van der Waals surface area (Å²) in [5, 5.41) is 0. The van der Waals surface area contributed by atoms with Gasteiger partial charge in [-0.3, -0.25) is 4.39 Å². The number of benzene rings is 1. The molecule has 0 unspecified atom stereocenters. The van der Waals surface area contributed by atoms with Gasteiger partial charge >= 0.3 is 0 Å². The molecule has 0 fully saturated rings. The molecule has 2 nitrogen and oxygen atoms in total. The number of hydrogen-bond acceptors (Lipinski definition) is 2. The van der Waals surface area contributed by atoms with Gasteiger partial charge in [0.1, 0.15) is 5.75 Å². The molecule has 0 spiro atoms. The van der Waals surface area contributed by atoms with Crippen molar-refractivity contribution in [2.75, 3.05) is 13.8 Å². The number of nitrogens with two attached hydrogens (primary N) is 1. The average molecular weight is 262 g/mol. The first-order valence-electron chi connectivity index (χ1n) is 4.34. The average Bonchev–Trinajstić information content (AvgIpc) is 2.17. The molecule has 2 N–H and O–H groups in total. The molecule has 0 saturated carbocycles. The monoisotopic (exact) mass is 261 g/mol. The smallest absolute Gasteiger partial charge is 0.124 e. The summed E-state index contributed by atoms with van der Waals surface area (Å²) >= 11 is 3.33. The molecule has 14 heavy (non-hydrogen) atoms. The largest absolute Gasteiger partial charge is 0.496 e. The molecule has 0 bridgehead atoms. The van der Waals surface area contributed by atoms with E-state index in [9.17, 15) is 4.39 Å². The topological polar surface area (TPSA) is 35.2 Å². The van der Waals surface area contributed by atoms with Gasteiger partial charge in [-0.15, -0.1) is 0 Å². The summed E-state index contributed by atoms with van der Waals surface area (Å²) in [6.07, 6.45) is 0.317. The maximum Gasteiger partial charge on any atom is 0.124 e. The fraction of sp³-hybridized carbons (Fsp3) is 0.400. The molecule has 78 valence electrons. The lowest BCUT2D eigenvalue weighted by molar-refractivity contribution is 0.395. The highest BCUT2D eigenvalue weighted by Gasteiger charge is 2.11. The Balaban J connectivity index is 2.95. The molecule has 0 aliphatic rings. The predicted molar refractivity (Wildman–Crippen MR) is 58.2 cm³/mol. The third kappa shape index (κ3) is 2.69. The highest BCUT2D eigenvalue weighted by atomic mass is 79.9. The van der Waals surface area contributed by atoms with Crippen molar-refractivity contribution in [3.05, 3.63) is 28.2 Å². The van der Waals surface area contributed by atoms with E-state index >= 15 is 0 Å². The van der Waals surface area contributed by atoms with Crippen molar-refractivity contribution in [1.82, 2.24) is 0 Å². The normalized spacial score (nSPS) is 12.6. The van der Waals surface area contributed by atoms with Crippen LogP contribution in [0.3, 0.4) is 0 Å². The van der Waals surface area contributed by atoms with E-state index < -0.39 is 6.67 Å². The van der Waals surface area contributed by atoms with E-state index in [0.717, 1.165) is 10.0 Å². The zero-order chi connectivity index (χ0) is 10.6. The van der Waals surface area contributed by atoms with Crippen molar-refractivity contribution in [3.8, 4) is 5.75 Å². The minimum atomic E-state index is -0.416. The van der Waals surface area contributed by atoms with E-state index in [4.69, 9.17) is 10.5 Å². The lowest BCUT2D eigenvalue weighted by Crippen LogP contribution is -2.12. The van der Waals surface area contributed by atoms with Gasteiger partial charge in [0, 0.05) is 16.1 Å². The standard InChI is InChI=1S/C10H13BrFNO/c1-14-10-6-7(11)2-3-8(10)9(13)4-5-12/h2-3,6,9H,4-5,13H2,1H3/t9-/m0/s1. The number of halogens is 2. The van der Waals surface area contributed by atoms with Crippen LogP contribution in [0.4, 0.5) is 4.39 Å². The molecule has 1 aromatic carbocycles. The van der Waals surface area contributed by atoms with Crippen LogP contribution >= 0.6 is 15.9 Å². The molecule has 4 heteroatoms. The number of alkyl halides is 1. The van der Waals surface area contributed by atoms with E-state index in [1.807, 2.05) is 18.2 Å². The van der Waals surface area contributed by atoms with Crippen molar-refractivity contribution in [3.63, 3.8) is 0 Å². The Bertz CT molecular complexity index is 306. The highest BCUT2D eigenvalue weighted by Crippen LogP contribution is 2.28. The zero-order valence-electron chi connectivity index (χ0n) is 7.97. The first kappa shape index (κ1) is 11.5. The van der Waals surface area contributed by atoms with Gasteiger partial charge in [-0.2, -0.15) is 0 Å². The zero-order valence-corrected chi connectivity index (χ0v) is 9.55. The van der Waals surface area contributed by atoms with Crippen LogP contribution in [0, 0.1) is 0 Å². The first-order valence-corrected chi connectivity index (χ1v) is 5.13. The Labute approximate surface area is 91.4 Å². The number of hydrogen-bond donors (Lipinski definition) is 1. The van der Waals surface area contributed by atoms with Gasteiger partial charge in [0.2, 0.25) is 0 Å². The minimum Gasteiger partial charge on any atom is -0.496 e. The number of ether oxygens (including phenoxy) is 1. The predicted octanol–water partition coefficient (Wildman–Crippen LogP) is 2.82. The van der Waals surface area contributed by atoms with Gasteiger partial charge in [-0.25, -0.2) is 0 Å². The summed E-state index contributed by atoms with van der Waals surface area (Å²) in [4.78, 5) is 0. The van der Waals surface area contributed by atoms with E-state index in [1.165, 1.54) is 0 Å². The second-order valence-corrected chi connectivity index (χ2v) is 3.89. The Morgan fingerprint density at radius 1 is 1.57 bits per heavy atom. The summed E-state index contributed by atoms with van der Waals surface area (Å²) < 4.78 is 18.2. The third-order valence-corrected chi connectivity index (χ3v) is 2.51. The number of rotatable bonds is 4. The van der Waals surface area contributed by atoms with Crippen molar-refractivity contribution in [2.45, 2.75) is 12.5 Å². The molecule has 0 aromatic heterocycles. The van der Waals surface area contributed by atoms with Crippen molar-refractivity contribution in [2.24, 2.45) is 5.73 Å². The van der Waals surface area contributed by atoms with Crippen LogP contribution in [0.5, 0.6) is 5.75 Å². The molecule has 0 radical (unpaired) electrons. The fourth-order valence-electron chi connectivity index (χ4n) is 1.26. The van der Waals surface area contributed by atoms with Gasteiger partial charge in [0.25, 0.3) is 0 Å². The van der Waals surface area contributed by atoms with Crippen LogP contribution in [0.2, 0.25) is 0 Å². The molecule has 0 aliphatic heterocycles. The van der Waals surface area contributed by atoms with Crippen LogP contribution in [0.1, 0.15) is 18.0 Å². The summed E-state index contributed by atoms with van der Waals surface area (Å²) in [6.45, 7) is -0.416. The molecular formula is C10H13BrFNO. The van der Waals surface area contributed by atoms with Crippen molar-refractivity contribution < 1.29 is 9.13 Å². The second-order valence-electron chi connectivity index (χ2n) is 2.97. The maximum absolute atomic E-state index is 12.1. The van der Waals surface area contributed by atoms with Gasteiger partial charge < -0.3 is 10.5 Å². The molecule has 1 atom stereocenters. The quantitative estimate of drug-likeness (QED) is 0.905. The summed E-state index contributed by atoms with van der Waals surface area (Å²) in [6, 6.07) is 5.25. The molecule has 1 rings (SSSR count). The van der Waals surface area contributed by atoms with Gasteiger partial charge in [0.05, 0.1) is 13.8 Å². The van der Waals surface area contributed by atoms with E-state index in [0.29, 0.717) is 12.2 Å². The summed E-state index contributed by atoms with van der Waals surface area (Å²) in [5.41, 5.74) is 6.64.